The number of carbonyl (C=O) groups excluding carboxylic acids is 2. The SMILES string of the molecule is Cc1ccccc1NC(=O)c1sc2ncn(CC(=O)Nc3cccc(C)c3C)c(=O)c2c1C. The Kier molecular flexibility index (Phi) is 6.11. The molecule has 4 aromatic rings. The number of aromatic nitrogens is 2. The van der Waals surface area contributed by atoms with E-state index in [1.807, 2.05) is 63.2 Å². The monoisotopic (exact) mass is 460 g/mol. The van der Waals surface area contributed by atoms with Crippen LogP contribution in [0, 0.1) is 27.7 Å². The van der Waals surface area contributed by atoms with Crippen LogP contribution in [0.1, 0.15) is 31.9 Å². The zero-order valence-electron chi connectivity index (χ0n) is 18.9. The number of nitrogens with one attached hydrogen (secondary N) is 2. The molecule has 0 radical (unpaired) electrons. The molecule has 0 unspecified atom stereocenters. The molecule has 0 atom stereocenters. The topological polar surface area (TPSA) is 93.1 Å². The Hall–Kier alpha value is -3.78. The third-order valence-electron chi connectivity index (χ3n) is 5.71. The van der Waals surface area contributed by atoms with Gasteiger partial charge in [-0.2, -0.15) is 0 Å². The van der Waals surface area contributed by atoms with E-state index < -0.39 is 0 Å². The summed E-state index contributed by atoms with van der Waals surface area (Å²) >= 11 is 1.17. The fraction of sp³-hybridized carbons (Fsp3) is 0.200. The predicted octanol–water partition coefficient (Wildman–Crippen LogP) is 4.58. The number of amides is 2. The zero-order valence-corrected chi connectivity index (χ0v) is 19.7. The maximum atomic E-state index is 13.1. The highest BCUT2D eigenvalue weighted by atomic mass is 32.1. The molecule has 7 nitrogen and oxygen atoms in total. The Bertz CT molecular complexity index is 1450. The van der Waals surface area contributed by atoms with Gasteiger partial charge in [-0.25, -0.2) is 4.98 Å². The molecule has 0 bridgehead atoms. The van der Waals surface area contributed by atoms with Crippen molar-refractivity contribution in [3.63, 3.8) is 0 Å². The molecule has 2 aromatic carbocycles. The van der Waals surface area contributed by atoms with Gasteiger partial charge in [0.15, 0.2) is 0 Å². The number of rotatable bonds is 5. The van der Waals surface area contributed by atoms with Crippen LogP contribution in [0.2, 0.25) is 0 Å². The summed E-state index contributed by atoms with van der Waals surface area (Å²) in [6, 6.07) is 13.2. The minimum Gasteiger partial charge on any atom is -0.324 e. The Morgan fingerprint density at radius 3 is 2.36 bits per heavy atom. The highest BCUT2D eigenvalue weighted by Crippen LogP contribution is 2.28. The van der Waals surface area contributed by atoms with Crippen LogP contribution in [0.4, 0.5) is 11.4 Å². The van der Waals surface area contributed by atoms with Gasteiger partial charge in [-0.3, -0.25) is 19.0 Å². The number of anilines is 2. The molecule has 2 heterocycles. The number of thiophene rings is 1. The highest BCUT2D eigenvalue weighted by molar-refractivity contribution is 7.20. The summed E-state index contributed by atoms with van der Waals surface area (Å²) in [4.78, 5) is 43.9. The second kappa shape index (κ2) is 8.99. The first-order valence-corrected chi connectivity index (χ1v) is 11.3. The third kappa shape index (κ3) is 4.42. The van der Waals surface area contributed by atoms with Gasteiger partial charge in [0.05, 0.1) is 16.6 Å². The smallest absolute Gasteiger partial charge is 0.266 e. The molecule has 0 spiro atoms. The Balaban J connectivity index is 1.60. The van der Waals surface area contributed by atoms with Crippen molar-refractivity contribution >= 4 is 44.7 Å². The molecule has 2 aromatic heterocycles. The van der Waals surface area contributed by atoms with Crippen molar-refractivity contribution in [2.75, 3.05) is 10.6 Å². The van der Waals surface area contributed by atoms with Crippen molar-refractivity contribution in [1.82, 2.24) is 9.55 Å². The average Bonchev–Trinajstić information content (AvgIpc) is 3.12. The second-order valence-corrected chi connectivity index (χ2v) is 8.98. The van der Waals surface area contributed by atoms with Gasteiger partial charge in [0.25, 0.3) is 11.5 Å². The standard InChI is InChI=1S/C25H24N4O3S/c1-14-9-7-11-19(16(14)3)27-20(30)12-29-13-26-24-21(25(29)32)17(4)22(33-24)23(31)28-18-10-6-5-8-15(18)2/h5-11,13H,12H2,1-4H3,(H,27,30)(H,28,31). The van der Waals surface area contributed by atoms with E-state index in [0.29, 0.717) is 32.0 Å². The third-order valence-corrected chi connectivity index (χ3v) is 6.91. The molecule has 168 valence electrons. The van der Waals surface area contributed by atoms with Gasteiger partial charge in [0, 0.05) is 11.4 Å². The molecule has 4 rings (SSSR count). The molecule has 0 saturated carbocycles. The van der Waals surface area contributed by atoms with Crippen molar-refractivity contribution in [1.29, 1.82) is 0 Å². The van der Waals surface area contributed by atoms with Gasteiger partial charge in [0.1, 0.15) is 11.4 Å². The summed E-state index contributed by atoms with van der Waals surface area (Å²) in [6.45, 7) is 7.38. The van der Waals surface area contributed by atoms with E-state index in [-0.39, 0.29) is 23.9 Å². The van der Waals surface area contributed by atoms with E-state index in [4.69, 9.17) is 0 Å². The van der Waals surface area contributed by atoms with Crippen molar-refractivity contribution in [3.8, 4) is 0 Å². The van der Waals surface area contributed by atoms with E-state index >= 15 is 0 Å². The van der Waals surface area contributed by atoms with Crippen molar-refractivity contribution in [3.05, 3.63) is 86.3 Å². The number of hydrogen-bond acceptors (Lipinski definition) is 5. The van der Waals surface area contributed by atoms with Crippen LogP contribution >= 0.6 is 11.3 Å². The number of carbonyl (C=O) groups is 2. The molecule has 2 amide bonds. The minimum atomic E-state index is -0.347. The molecule has 0 saturated heterocycles. The molecule has 2 N–H and O–H groups in total. The van der Waals surface area contributed by atoms with Gasteiger partial charge >= 0.3 is 0 Å². The first-order chi connectivity index (χ1) is 15.8. The van der Waals surface area contributed by atoms with Gasteiger partial charge in [0.2, 0.25) is 5.91 Å². The van der Waals surface area contributed by atoms with E-state index in [9.17, 15) is 14.4 Å². The second-order valence-electron chi connectivity index (χ2n) is 7.98. The normalized spacial score (nSPS) is 10.9. The van der Waals surface area contributed by atoms with Crippen LogP contribution in [-0.2, 0) is 11.3 Å². The quantitative estimate of drug-likeness (QED) is 0.456. The Morgan fingerprint density at radius 2 is 1.61 bits per heavy atom. The highest BCUT2D eigenvalue weighted by Gasteiger charge is 2.20. The minimum absolute atomic E-state index is 0.171. The van der Waals surface area contributed by atoms with Gasteiger partial charge < -0.3 is 10.6 Å². The van der Waals surface area contributed by atoms with Crippen molar-refractivity contribution < 1.29 is 9.59 Å². The van der Waals surface area contributed by atoms with E-state index in [2.05, 4.69) is 15.6 Å². The lowest BCUT2D eigenvalue weighted by molar-refractivity contribution is -0.116. The number of fused-ring (bicyclic) bond motifs is 1. The number of hydrogen-bond donors (Lipinski definition) is 2. The fourth-order valence-electron chi connectivity index (χ4n) is 3.61. The van der Waals surface area contributed by atoms with Crippen LogP contribution in [-0.4, -0.2) is 21.4 Å². The Morgan fingerprint density at radius 1 is 0.909 bits per heavy atom. The van der Waals surface area contributed by atoms with E-state index in [0.717, 1.165) is 16.7 Å². The molecule has 8 heteroatoms. The summed E-state index contributed by atoms with van der Waals surface area (Å²) < 4.78 is 1.27. The lowest BCUT2D eigenvalue weighted by atomic mass is 10.1. The van der Waals surface area contributed by atoms with Crippen LogP contribution in [0.3, 0.4) is 0 Å². The number of nitrogens with zero attached hydrogens (tertiary/aromatic N) is 2. The molecule has 0 aliphatic rings. The summed E-state index contributed by atoms with van der Waals surface area (Å²) in [6.07, 6.45) is 1.35. The first-order valence-electron chi connectivity index (χ1n) is 10.5. The number of benzene rings is 2. The summed E-state index contributed by atoms with van der Waals surface area (Å²) in [5.74, 6) is -0.610. The maximum Gasteiger partial charge on any atom is 0.266 e. The summed E-state index contributed by atoms with van der Waals surface area (Å²) in [5.41, 5.74) is 4.63. The fourth-order valence-corrected chi connectivity index (χ4v) is 4.65. The predicted molar refractivity (Wildman–Crippen MR) is 132 cm³/mol. The van der Waals surface area contributed by atoms with Crippen molar-refractivity contribution in [2.24, 2.45) is 0 Å². The molecule has 33 heavy (non-hydrogen) atoms. The average molecular weight is 461 g/mol. The molecular weight excluding hydrogens is 436 g/mol. The van der Waals surface area contributed by atoms with E-state index in [1.165, 1.54) is 22.2 Å². The molecule has 0 aliphatic heterocycles. The van der Waals surface area contributed by atoms with Crippen LogP contribution in [0.5, 0.6) is 0 Å². The molecular formula is C25H24N4O3S. The van der Waals surface area contributed by atoms with Crippen LogP contribution < -0.4 is 16.2 Å². The van der Waals surface area contributed by atoms with Gasteiger partial charge in [-0.15, -0.1) is 11.3 Å². The van der Waals surface area contributed by atoms with E-state index in [1.54, 1.807) is 6.92 Å². The number of para-hydroxylation sites is 1. The van der Waals surface area contributed by atoms with Crippen molar-refractivity contribution in [2.45, 2.75) is 34.2 Å². The maximum absolute atomic E-state index is 13.1. The lowest BCUT2D eigenvalue weighted by Crippen LogP contribution is -2.28. The summed E-state index contributed by atoms with van der Waals surface area (Å²) in [7, 11) is 0. The number of aryl methyl sites for hydroxylation is 3. The largest absolute Gasteiger partial charge is 0.324 e. The molecule has 0 aliphatic carbocycles. The Labute approximate surface area is 195 Å². The van der Waals surface area contributed by atoms with Crippen LogP contribution in [0.15, 0.2) is 53.6 Å². The molecule has 0 fully saturated rings. The lowest BCUT2D eigenvalue weighted by Gasteiger charge is -2.11. The zero-order chi connectivity index (χ0) is 23.7. The van der Waals surface area contributed by atoms with Crippen LogP contribution in [0.25, 0.3) is 10.2 Å². The summed E-state index contributed by atoms with van der Waals surface area (Å²) in [5, 5.41) is 6.12. The van der Waals surface area contributed by atoms with Gasteiger partial charge in [-0.05, 0) is 62.1 Å². The van der Waals surface area contributed by atoms with Gasteiger partial charge in [-0.1, -0.05) is 30.3 Å². The first kappa shape index (κ1) is 22.4.